The number of imidazole rings is 2. The van der Waals surface area contributed by atoms with Gasteiger partial charge in [0.2, 0.25) is 5.91 Å². The first-order chi connectivity index (χ1) is 15.2. The summed E-state index contributed by atoms with van der Waals surface area (Å²) in [6.07, 6.45) is 4.26. The molecule has 0 spiro atoms. The van der Waals surface area contributed by atoms with E-state index < -0.39 is 23.7 Å². The zero-order valence-corrected chi connectivity index (χ0v) is 17.4. The highest BCUT2D eigenvalue weighted by Gasteiger charge is 2.47. The van der Waals surface area contributed by atoms with Gasteiger partial charge < -0.3 is 14.7 Å². The van der Waals surface area contributed by atoms with Crippen LogP contribution >= 0.6 is 11.6 Å². The van der Waals surface area contributed by atoms with Crippen LogP contribution in [-0.2, 0) is 11.2 Å². The van der Waals surface area contributed by atoms with Crippen LogP contribution in [0.4, 0.5) is 13.2 Å². The predicted octanol–water partition coefficient (Wildman–Crippen LogP) is 4.66. The second kappa shape index (κ2) is 7.37. The molecule has 1 amide bonds. The SMILES string of the molecule is NC(=O)Cc1cnc2ccc(-c3c(-c4ccc(F)c(Cl)c4)ncn3C3CC(F)(F)C3)cn12. The zero-order valence-electron chi connectivity index (χ0n) is 16.6. The summed E-state index contributed by atoms with van der Waals surface area (Å²) in [6, 6.07) is 7.36. The lowest BCUT2D eigenvalue weighted by molar-refractivity contribution is -0.117. The number of carbonyl (C=O) groups is 1. The highest BCUT2D eigenvalue weighted by molar-refractivity contribution is 6.31. The second-order valence-corrected chi connectivity index (χ2v) is 8.34. The lowest BCUT2D eigenvalue weighted by atomic mass is 9.87. The van der Waals surface area contributed by atoms with E-state index in [1.807, 2.05) is 0 Å². The van der Waals surface area contributed by atoms with Crippen LogP contribution in [0.5, 0.6) is 0 Å². The monoisotopic (exact) mass is 459 g/mol. The van der Waals surface area contributed by atoms with Crippen LogP contribution in [0, 0.1) is 5.82 Å². The first-order valence-electron chi connectivity index (χ1n) is 9.86. The Morgan fingerprint density at radius 1 is 1.19 bits per heavy atom. The molecule has 0 bridgehead atoms. The highest BCUT2D eigenvalue weighted by Crippen LogP contribution is 2.48. The fourth-order valence-corrected chi connectivity index (χ4v) is 4.27. The minimum Gasteiger partial charge on any atom is -0.369 e. The lowest BCUT2D eigenvalue weighted by Gasteiger charge is -2.36. The van der Waals surface area contributed by atoms with Crippen LogP contribution in [0.15, 0.2) is 49.1 Å². The number of amides is 1. The lowest BCUT2D eigenvalue weighted by Crippen LogP contribution is -2.37. The van der Waals surface area contributed by atoms with E-state index in [9.17, 15) is 18.0 Å². The molecule has 4 aromatic rings. The minimum absolute atomic E-state index is 0.000837. The van der Waals surface area contributed by atoms with Gasteiger partial charge in [0.25, 0.3) is 5.92 Å². The van der Waals surface area contributed by atoms with Crippen LogP contribution in [0.25, 0.3) is 28.2 Å². The van der Waals surface area contributed by atoms with Crippen molar-refractivity contribution in [1.82, 2.24) is 18.9 Å². The van der Waals surface area contributed by atoms with Gasteiger partial charge in [-0.1, -0.05) is 11.6 Å². The van der Waals surface area contributed by atoms with Crippen LogP contribution < -0.4 is 5.73 Å². The Kier molecular flexibility index (Phi) is 4.74. The van der Waals surface area contributed by atoms with E-state index in [2.05, 4.69) is 9.97 Å². The van der Waals surface area contributed by atoms with Crippen LogP contribution in [0.1, 0.15) is 24.6 Å². The number of carbonyl (C=O) groups excluding carboxylic acids is 1. The highest BCUT2D eigenvalue weighted by atomic mass is 35.5. The van der Waals surface area contributed by atoms with Gasteiger partial charge in [0.05, 0.1) is 34.9 Å². The van der Waals surface area contributed by atoms with Crippen LogP contribution in [0.3, 0.4) is 0 Å². The molecule has 32 heavy (non-hydrogen) atoms. The molecule has 3 aromatic heterocycles. The molecule has 6 nitrogen and oxygen atoms in total. The number of nitrogens with two attached hydrogens (primary N) is 1. The number of hydrogen-bond acceptors (Lipinski definition) is 3. The number of nitrogens with zero attached hydrogens (tertiary/aromatic N) is 4. The topological polar surface area (TPSA) is 78.2 Å². The molecule has 5 rings (SSSR count). The van der Waals surface area contributed by atoms with Crippen molar-refractivity contribution >= 4 is 23.2 Å². The number of alkyl halides is 2. The number of benzene rings is 1. The van der Waals surface area contributed by atoms with Gasteiger partial charge in [0.1, 0.15) is 11.5 Å². The molecule has 3 heterocycles. The number of hydrogen-bond donors (Lipinski definition) is 1. The maximum Gasteiger partial charge on any atom is 0.252 e. The quantitative estimate of drug-likeness (QED) is 0.471. The number of primary amides is 1. The molecular formula is C22H17ClF3N5O. The molecule has 1 saturated carbocycles. The molecule has 10 heteroatoms. The third-order valence-electron chi connectivity index (χ3n) is 5.66. The third kappa shape index (κ3) is 3.52. The van der Waals surface area contributed by atoms with E-state index >= 15 is 0 Å². The van der Waals surface area contributed by atoms with E-state index in [0.29, 0.717) is 33.9 Å². The minimum atomic E-state index is -2.71. The molecule has 0 unspecified atom stereocenters. The van der Waals surface area contributed by atoms with E-state index in [0.717, 1.165) is 0 Å². The van der Waals surface area contributed by atoms with Gasteiger partial charge in [0, 0.05) is 42.4 Å². The maximum absolute atomic E-state index is 13.7. The molecule has 0 atom stereocenters. The summed E-state index contributed by atoms with van der Waals surface area (Å²) in [4.78, 5) is 20.2. The van der Waals surface area contributed by atoms with Gasteiger partial charge in [-0.05, 0) is 30.3 Å². The number of halogens is 4. The Balaban J connectivity index is 1.68. The number of pyridine rings is 1. The van der Waals surface area contributed by atoms with Gasteiger partial charge in [0.15, 0.2) is 0 Å². The Labute approximate surface area is 185 Å². The Bertz CT molecular complexity index is 1360. The van der Waals surface area contributed by atoms with Crippen molar-refractivity contribution in [2.75, 3.05) is 0 Å². The molecule has 0 aliphatic heterocycles. The van der Waals surface area contributed by atoms with Gasteiger partial charge in [-0.3, -0.25) is 4.79 Å². The fraction of sp³-hybridized carbons (Fsp3) is 0.227. The van der Waals surface area contributed by atoms with Crippen molar-refractivity contribution in [3.63, 3.8) is 0 Å². The smallest absolute Gasteiger partial charge is 0.252 e. The first kappa shape index (κ1) is 20.6. The maximum atomic E-state index is 13.7. The van der Waals surface area contributed by atoms with E-state index in [1.54, 1.807) is 39.6 Å². The van der Waals surface area contributed by atoms with E-state index in [4.69, 9.17) is 17.3 Å². The summed E-state index contributed by atoms with van der Waals surface area (Å²) in [5.74, 6) is -3.78. The summed E-state index contributed by atoms with van der Waals surface area (Å²) >= 11 is 5.98. The zero-order chi connectivity index (χ0) is 22.6. The largest absolute Gasteiger partial charge is 0.369 e. The van der Waals surface area contributed by atoms with Gasteiger partial charge >= 0.3 is 0 Å². The molecule has 164 valence electrons. The summed E-state index contributed by atoms with van der Waals surface area (Å²) in [5, 5.41) is -0.0630. The molecule has 1 fully saturated rings. The standard InChI is InChI=1S/C22H17ClF3N5O/c23-16-5-12(1-3-17(16)24)20-21(31(11-29-20)15-7-22(25,26)8-15)13-2-4-19-28-9-14(6-18(27)32)30(19)10-13/h1-5,9-11,15H,6-8H2,(H2,27,32). The fourth-order valence-electron chi connectivity index (χ4n) is 4.09. The average Bonchev–Trinajstić information content (AvgIpc) is 3.32. The Morgan fingerprint density at radius 3 is 2.62 bits per heavy atom. The third-order valence-corrected chi connectivity index (χ3v) is 5.95. The molecule has 0 saturated heterocycles. The van der Waals surface area contributed by atoms with Crippen molar-refractivity contribution in [2.45, 2.75) is 31.2 Å². The molecule has 0 radical (unpaired) electrons. The second-order valence-electron chi connectivity index (χ2n) is 7.93. The molecular weight excluding hydrogens is 443 g/mol. The molecule has 1 aliphatic carbocycles. The van der Waals surface area contributed by atoms with Gasteiger partial charge in [-0.2, -0.15) is 0 Å². The van der Waals surface area contributed by atoms with Crippen molar-refractivity contribution in [3.05, 3.63) is 65.6 Å². The molecule has 2 N–H and O–H groups in total. The normalized spacial score (nSPS) is 15.8. The Hall–Kier alpha value is -3.33. The van der Waals surface area contributed by atoms with E-state index in [-0.39, 0.29) is 24.3 Å². The van der Waals surface area contributed by atoms with Crippen molar-refractivity contribution < 1.29 is 18.0 Å². The summed E-state index contributed by atoms with van der Waals surface area (Å²) in [6.45, 7) is 0. The number of rotatable bonds is 5. The predicted molar refractivity (Wildman–Crippen MR) is 113 cm³/mol. The van der Waals surface area contributed by atoms with Crippen molar-refractivity contribution in [2.24, 2.45) is 5.73 Å². The van der Waals surface area contributed by atoms with Gasteiger partial charge in [-0.15, -0.1) is 0 Å². The average molecular weight is 460 g/mol. The van der Waals surface area contributed by atoms with Crippen molar-refractivity contribution in [1.29, 1.82) is 0 Å². The Morgan fingerprint density at radius 2 is 1.94 bits per heavy atom. The van der Waals surface area contributed by atoms with E-state index in [1.165, 1.54) is 18.5 Å². The number of aromatic nitrogens is 4. The van der Waals surface area contributed by atoms with Crippen LogP contribution in [0.2, 0.25) is 5.02 Å². The summed E-state index contributed by atoms with van der Waals surface area (Å²) < 4.78 is 44.4. The first-order valence-corrected chi connectivity index (χ1v) is 10.2. The molecule has 1 aromatic carbocycles. The van der Waals surface area contributed by atoms with Crippen molar-refractivity contribution in [3.8, 4) is 22.5 Å². The van der Waals surface area contributed by atoms with Crippen LogP contribution in [-0.4, -0.2) is 30.8 Å². The van der Waals surface area contributed by atoms with Gasteiger partial charge in [-0.25, -0.2) is 23.1 Å². The molecule has 1 aliphatic rings. The summed E-state index contributed by atoms with van der Waals surface area (Å²) in [5.41, 5.74) is 8.85. The number of fused-ring (bicyclic) bond motifs is 1. The summed E-state index contributed by atoms with van der Waals surface area (Å²) in [7, 11) is 0.